The molecule has 8 aliphatic carbocycles. The van der Waals surface area contributed by atoms with E-state index >= 15 is 0 Å². The zero-order valence-electron chi connectivity index (χ0n) is 74.7. The van der Waals surface area contributed by atoms with Gasteiger partial charge in [-0.1, -0.05) is 277 Å². The Bertz CT molecular complexity index is 3300. The molecule has 0 amide bonds. The molecule has 0 aliphatic heterocycles. The van der Waals surface area contributed by atoms with Crippen LogP contribution in [0.4, 0.5) is 0 Å². The second kappa shape index (κ2) is 39.5. The van der Waals surface area contributed by atoms with Gasteiger partial charge in [-0.05, 0) is 283 Å². The van der Waals surface area contributed by atoms with Crippen LogP contribution in [0.5, 0.6) is 0 Å². The molecule has 12 rings (SSSR count). The molecule has 4 aromatic carbocycles. The number of ether oxygens (including phenoxy) is 2. The standard InChI is InChI=1S/C50H78O.C46H70O.4CH3.4ClH.2Zr/c1-30-23-41-37(32-19-21-34(22-20-32)47(3,4)5)17-16-18-38(41)39(30)28-40-31(2)24-43-42(40)29-44(50(12,13)14)46(51-15)45(43)33-25-35(48(6,7)8)27-36(26-33)49(9,10)11;1-28-24-38-34(30-16-20-32(21-17-30)44(3,4)5)14-13-15-35(38)36(28)26-37-29(2)25-40-39(37)27-41(46(9,10)11)43(47-12)42(40)31-18-22-33(23-19-31)45(6,7)8;;;;;;;;;;/h19-22,25-27,30-31,37-46H,16-18,23-24,28-29H2,1-15H3;16-23,28-29,34-43H,13-15,24-27H2,1-12H3;4*1H3;4*1H;;/q;;4*-1;;;;;2*+4/p-4. The van der Waals surface area contributed by atoms with E-state index in [1.807, 2.05) is 14.2 Å². The Morgan fingerprint density at radius 1 is 0.315 bits per heavy atom. The number of benzene rings is 4. The van der Waals surface area contributed by atoms with Gasteiger partial charge in [-0.2, -0.15) is 0 Å². The van der Waals surface area contributed by atoms with Gasteiger partial charge < -0.3 is 39.2 Å². The molecule has 8 fully saturated rings. The maximum absolute atomic E-state index is 6.73. The van der Waals surface area contributed by atoms with Crippen LogP contribution in [-0.4, -0.2) is 26.4 Å². The summed E-state index contributed by atoms with van der Waals surface area (Å²) in [6.45, 7) is 61.0. The van der Waals surface area contributed by atoms with Crippen molar-refractivity contribution >= 4 is 34.1 Å². The van der Waals surface area contributed by atoms with E-state index in [4.69, 9.17) is 43.5 Å². The van der Waals surface area contributed by atoms with Crippen LogP contribution in [0.25, 0.3) is 0 Å². The van der Waals surface area contributed by atoms with Gasteiger partial charge in [0.1, 0.15) is 0 Å². The third-order valence-electron chi connectivity index (χ3n) is 30.0. The van der Waals surface area contributed by atoms with E-state index in [1.54, 1.807) is 16.7 Å². The van der Waals surface area contributed by atoms with E-state index in [9.17, 15) is 0 Å². The minimum absolute atomic E-state index is 0. The Kier molecular flexibility index (Phi) is 36.0. The normalized spacial score (nSPS) is 33.8. The molecule has 0 saturated heterocycles. The number of hydrogen-bond acceptors (Lipinski definition) is 2. The molecule has 2 nitrogen and oxygen atoms in total. The van der Waals surface area contributed by atoms with Crippen LogP contribution in [0.2, 0.25) is 0 Å². The first-order chi connectivity index (χ1) is 48.4. The van der Waals surface area contributed by atoms with Crippen molar-refractivity contribution in [1.29, 1.82) is 0 Å². The Morgan fingerprint density at radius 2 is 0.574 bits per heavy atom. The zero-order valence-corrected chi connectivity index (χ0v) is 82.7. The molecule has 8 aliphatic rings. The Hall–Kier alpha value is -0.274. The third-order valence-corrected chi connectivity index (χ3v) is 30.0. The monoisotopic (exact) mass is 1710 g/mol. The van der Waals surface area contributed by atoms with Gasteiger partial charge in [0, 0.05) is 26.1 Å². The Morgan fingerprint density at radius 3 is 0.843 bits per heavy atom. The summed E-state index contributed by atoms with van der Waals surface area (Å²) in [5.41, 5.74) is 15.0. The van der Waals surface area contributed by atoms with Crippen LogP contribution in [-0.2, 0) is 78.2 Å². The number of halogens is 4. The molecule has 0 spiro atoms. The van der Waals surface area contributed by atoms with Crippen molar-refractivity contribution in [2.45, 2.75) is 326 Å². The fraction of sp³-hybridized carbons (Fsp3) is 0.720. The second-order valence-corrected chi connectivity index (χ2v) is 50.8. The molecule has 8 heteroatoms. The van der Waals surface area contributed by atoms with Gasteiger partial charge in [0.05, 0.1) is 12.2 Å². The zero-order chi connectivity index (χ0) is 76.9. The SMILES string of the molecule is COC1C(c2cc(C(C)(C)C)cc(C(C)(C)C)c2)C2CC(C)C(CC3C(C)CC4C(c5ccc(C(C)(C)C)cc5)CCCC34)C2CC1C(C)(C)C.COC1C(c2ccc(C(C)(C)C)cc2)C2CC(C)C(CC3C(C)CC4C(c5ccc(C(C)(C)C)cc5)CCCC34)C2CC1C(C)(C)C.[CH3-].[CH3-].[CH3-].[CH3-].[Cl][Zr+2][Cl].[Cl][Zr+2][Cl]. The fourth-order valence-corrected chi connectivity index (χ4v) is 24.4. The van der Waals surface area contributed by atoms with Crippen LogP contribution >= 0.6 is 34.1 Å². The number of hydrogen-bond donors (Lipinski definition) is 0. The van der Waals surface area contributed by atoms with Gasteiger partial charge in [0.2, 0.25) is 0 Å². The summed E-state index contributed by atoms with van der Waals surface area (Å²) >= 11 is -1.65. The molecule has 0 N–H and O–H groups in total. The van der Waals surface area contributed by atoms with Crippen molar-refractivity contribution < 1.29 is 51.2 Å². The first-order valence-corrected chi connectivity index (χ1v) is 54.5. The van der Waals surface area contributed by atoms with Gasteiger partial charge in [-0.15, -0.1) is 0 Å². The second-order valence-electron chi connectivity index (χ2n) is 43.3. The van der Waals surface area contributed by atoms with E-state index < -0.39 is 41.7 Å². The third kappa shape index (κ3) is 22.4. The van der Waals surface area contributed by atoms with Gasteiger partial charge in [-0.3, -0.25) is 0 Å². The van der Waals surface area contributed by atoms with Crippen LogP contribution in [0.1, 0.15) is 337 Å². The number of fused-ring (bicyclic) bond motifs is 4. The van der Waals surface area contributed by atoms with Crippen molar-refractivity contribution in [1.82, 2.24) is 0 Å². The summed E-state index contributed by atoms with van der Waals surface area (Å²) in [4.78, 5) is 0. The average Bonchev–Trinajstić information content (AvgIpc) is 1.52. The van der Waals surface area contributed by atoms with Gasteiger partial charge in [-0.25, -0.2) is 0 Å². The summed E-state index contributed by atoms with van der Waals surface area (Å²) in [6.07, 6.45) is 20.3. The van der Waals surface area contributed by atoms with Gasteiger partial charge >= 0.3 is 75.7 Å². The van der Waals surface area contributed by atoms with Crippen molar-refractivity contribution in [3.05, 3.63) is 171 Å². The molecule has 24 atom stereocenters. The minimum atomic E-state index is -0.826. The summed E-state index contributed by atoms with van der Waals surface area (Å²) < 4.78 is 13.3. The van der Waals surface area contributed by atoms with Gasteiger partial charge in [0.25, 0.3) is 0 Å². The van der Waals surface area contributed by atoms with Gasteiger partial charge in [0.15, 0.2) is 0 Å². The molecule has 8 saturated carbocycles. The van der Waals surface area contributed by atoms with Crippen molar-refractivity contribution in [3.63, 3.8) is 0 Å². The Labute approximate surface area is 706 Å². The molecule has 0 radical (unpaired) electrons. The molecule has 4 aromatic rings. The fourth-order valence-electron chi connectivity index (χ4n) is 24.4. The van der Waals surface area contributed by atoms with E-state index in [2.05, 4.69) is 264 Å². The maximum atomic E-state index is 6.73. The molecule has 108 heavy (non-hydrogen) atoms. The molecule has 24 unspecified atom stereocenters. The van der Waals surface area contributed by atoms with E-state index in [1.165, 1.54) is 123 Å². The van der Waals surface area contributed by atoms with E-state index in [0.717, 1.165) is 101 Å². The first kappa shape index (κ1) is 98.3. The van der Waals surface area contributed by atoms with E-state index in [-0.39, 0.29) is 73.7 Å². The summed E-state index contributed by atoms with van der Waals surface area (Å²) in [5.74, 6) is 16.9. The van der Waals surface area contributed by atoms with Crippen LogP contribution < -0.4 is 0 Å². The summed E-state index contributed by atoms with van der Waals surface area (Å²) in [7, 11) is 23.8. The molecular formula is C100H160Cl4O2Zr2. The Balaban J connectivity index is 0.000000350. The van der Waals surface area contributed by atoms with Crippen molar-refractivity contribution in [2.75, 3.05) is 14.2 Å². The quantitative estimate of drug-likeness (QED) is 0.147. The predicted molar refractivity (Wildman–Crippen MR) is 470 cm³/mol. The summed E-state index contributed by atoms with van der Waals surface area (Å²) in [5, 5.41) is 0. The van der Waals surface area contributed by atoms with Crippen LogP contribution in [0.3, 0.4) is 0 Å². The summed E-state index contributed by atoms with van der Waals surface area (Å²) in [6, 6.07) is 37.3. The number of methoxy groups -OCH3 is 2. The van der Waals surface area contributed by atoms with Crippen LogP contribution in [0, 0.1) is 147 Å². The molecule has 0 bridgehead atoms. The van der Waals surface area contributed by atoms with E-state index in [0.29, 0.717) is 35.7 Å². The molecule has 608 valence electrons. The number of rotatable bonds is 10. The molecular weight excluding hydrogens is 1560 g/mol. The van der Waals surface area contributed by atoms with Crippen LogP contribution in [0.15, 0.2) is 91.0 Å². The van der Waals surface area contributed by atoms with Crippen molar-refractivity contribution in [3.8, 4) is 0 Å². The first-order valence-electron chi connectivity index (χ1n) is 41.9. The average molecular weight is 1720 g/mol. The topological polar surface area (TPSA) is 18.5 Å². The predicted octanol–water partition coefficient (Wildman–Crippen LogP) is 31.0. The molecule has 0 heterocycles. The molecule has 0 aromatic heterocycles. The van der Waals surface area contributed by atoms with Crippen molar-refractivity contribution in [2.24, 2.45) is 117 Å².